The van der Waals surface area contributed by atoms with Crippen LogP contribution in [0.25, 0.3) is 77.0 Å². The highest BCUT2D eigenvalue weighted by molar-refractivity contribution is 6.25. The third-order valence-corrected chi connectivity index (χ3v) is 12.1. The van der Waals surface area contributed by atoms with Crippen molar-refractivity contribution in [3.63, 3.8) is 0 Å². The third kappa shape index (κ3) is 5.86. The van der Waals surface area contributed by atoms with Crippen LogP contribution < -0.4 is 5.73 Å². The van der Waals surface area contributed by atoms with Crippen molar-refractivity contribution in [2.24, 2.45) is 5.73 Å². The summed E-state index contributed by atoms with van der Waals surface area (Å²) in [6.07, 6.45) is 5.27. The van der Waals surface area contributed by atoms with Crippen molar-refractivity contribution in [3.8, 4) is 33.4 Å². The first-order valence-electron chi connectivity index (χ1n) is 19.9. The minimum absolute atomic E-state index is 0.154. The molecule has 0 spiro atoms. The van der Waals surface area contributed by atoms with E-state index in [-0.39, 0.29) is 5.41 Å². The summed E-state index contributed by atoms with van der Waals surface area (Å²) in [5.74, 6) is 0. The third-order valence-electron chi connectivity index (χ3n) is 12.1. The lowest BCUT2D eigenvalue weighted by atomic mass is 9.78. The lowest BCUT2D eigenvalue weighted by Crippen LogP contribution is -2.15. The molecule has 0 heterocycles. The summed E-state index contributed by atoms with van der Waals surface area (Å²) in [5, 5.41) is 7.51. The van der Waals surface area contributed by atoms with Gasteiger partial charge < -0.3 is 5.73 Å². The largest absolute Gasteiger partial charge is 0.398 e. The quantitative estimate of drug-likeness (QED) is 0.128. The maximum Gasteiger partial charge on any atom is 0.0393 e. The number of benzene rings is 9. The second-order valence-electron chi connectivity index (χ2n) is 15.8. The average Bonchev–Trinajstić information content (AvgIpc) is 3.50. The van der Waals surface area contributed by atoms with E-state index in [2.05, 4.69) is 196 Å². The maximum absolute atomic E-state index is 6.91. The minimum atomic E-state index is -0.154. The molecule has 1 heteroatoms. The van der Waals surface area contributed by atoms with E-state index in [1.165, 1.54) is 82.4 Å². The average molecular weight is 730 g/mol. The molecule has 57 heavy (non-hydrogen) atoms. The van der Waals surface area contributed by atoms with Gasteiger partial charge in [0, 0.05) is 11.1 Å². The summed E-state index contributed by atoms with van der Waals surface area (Å²) in [7, 11) is 0. The van der Waals surface area contributed by atoms with Gasteiger partial charge in [0.1, 0.15) is 0 Å². The maximum atomic E-state index is 6.91. The lowest BCUT2D eigenvalue weighted by molar-refractivity contribution is 0.661. The van der Waals surface area contributed by atoms with Gasteiger partial charge in [-0.3, -0.25) is 0 Å². The first-order chi connectivity index (χ1) is 28.0. The molecule has 0 radical (unpaired) electrons. The van der Waals surface area contributed by atoms with Gasteiger partial charge in [-0.2, -0.15) is 0 Å². The normalized spacial score (nSPS) is 13.6. The summed E-state index contributed by atoms with van der Waals surface area (Å²) >= 11 is 0. The highest BCUT2D eigenvalue weighted by atomic mass is 14.6. The molecule has 0 saturated carbocycles. The monoisotopic (exact) mass is 729 g/mol. The fraction of sp³-hybridized carbons (Fsp3) is 0.0714. The van der Waals surface area contributed by atoms with Gasteiger partial charge in [0.25, 0.3) is 0 Å². The molecule has 9 aromatic carbocycles. The van der Waals surface area contributed by atoms with Gasteiger partial charge in [-0.05, 0) is 124 Å². The molecular formula is C56H43N. The standard InChI is InChI=1S/C56H43N/c1-56(2)50-29-17-16-28-47(50)55-43-25-13-12-24-42(43)49(36-51(55)56)54-45-27-15-14-26-44(45)53(39-22-10-5-11-23-39)46-33-32-40(34-48(46)54)41(31-30-37-18-6-3-7-19-37)35-52(57)38-20-8-4-9-21-38/h3-29,31-36H,30,57H2,1-2H3/b41-31+,52-35-. The first-order valence-corrected chi connectivity index (χ1v) is 19.9. The molecule has 10 rings (SSSR count). The zero-order chi connectivity index (χ0) is 38.5. The Hall–Kier alpha value is -6.96. The molecular weight excluding hydrogens is 687 g/mol. The van der Waals surface area contributed by atoms with Crippen molar-refractivity contribution >= 4 is 43.6 Å². The molecule has 9 aromatic rings. The molecule has 1 aliphatic carbocycles. The van der Waals surface area contributed by atoms with Gasteiger partial charge in [-0.1, -0.05) is 196 Å². The Morgan fingerprint density at radius 2 is 1.02 bits per heavy atom. The van der Waals surface area contributed by atoms with Crippen LogP contribution in [0, 0.1) is 0 Å². The van der Waals surface area contributed by atoms with Crippen LogP contribution in [-0.4, -0.2) is 0 Å². The number of fused-ring (bicyclic) bond motifs is 7. The van der Waals surface area contributed by atoms with Gasteiger partial charge in [-0.15, -0.1) is 0 Å². The van der Waals surface area contributed by atoms with Crippen LogP contribution in [0.5, 0.6) is 0 Å². The van der Waals surface area contributed by atoms with Crippen LogP contribution in [0.1, 0.15) is 41.7 Å². The predicted molar refractivity (Wildman–Crippen MR) is 244 cm³/mol. The summed E-state index contributed by atoms with van der Waals surface area (Å²) in [6, 6.07) is 68.4. The van der Waals surface area contributed by atoms with E-state index in [1.54, 1.807) is 0 Å². The zero-order valence-electron chi connectivity index (χ0n) is 32.3. The van der Waals surface area contributed by atoms with Crippen molar-refractivity contribution in [1.29, 1.82) is 0 Å². The van der Waals surface area contributed by atoms with E-state index in [9.17, 15) is 0 Å². The first kappa shape index (κ1) is 34.5. The van der Waals surface area contributed by atoms with Crippen LogP contribution in [-0.2, 0) is 11.8 Å². The van der Waals surface area contributed by atoms with E-state index >= 15 is 0 Å². The lowest BCUT2D eigenvalue weighted by Gasteiger charge is -2.24. The molecule has 0 atom stereocenters. The molecule has 0 bridgehead atoms. The number of hydrogen-bond acceptors (Lipinski definition) is 1. The number of hydrogen-bond donors (Lipinski definition) is 1. The van der Waals surface area contributed by atoms with Gasteiger partial charge >= 0.3 is 0 Å². The second-order valence-corrected chi connectivity index (χ2v) is 15.8. The van der Waals surface area contributed by atoms with Crippen LogP contribution >= 0.6 is 0 Å². The summed E-state index contributed by atoms with van der Waals surface area (Å²) in [4.78, 5) is 0. The predicted octanol–water partition coefficient (Wildman–Crippen LogP) is 14.4. The molecule has 1 aliphatic rings. The zero-order valence-corrected chi connectivity index (χ0v) is 32.3. The Balaban J connectivity index is 1.31. The topological polar surface area (TPSA) is 26.0 Å². The smallest absolute Gasteiger partial charge is 0.0393 e. The van der Waals surface area contributed by atoms with Crippen molar-refractivity contribution in [3.05, 3.63) is 228 Å². The Morgan fingerprint density at radius 3 is 1.74 bits per heavy atom. The van der Waals surface area contributed by atoms with E-state index in [0.29, 0.717) is 0 Å². The Bertz CT molecular complexity index is 3040. The summed E-state index contributed by atoms with van der Waals surface area (Å²) < 4.78 is 0. The summed E-state index contributed by atoms with van der Waals surface area (Å²) in [6.45, 7) is 4.77. The molecule has 272 valence electrons. The molecule has 0 unspecified atom stereocenters. The SMILES string of the molecule is CC1(C)c2ccccc2-c2c1cc(-c1c3ccccc3c(-c3ccccc3)c3ccc(C(/C=C(\N)c4ccccc4)=C/Cc4ccccc4)cc13)c1ccccc21. The van der Waals surface area contributed by atoms with Crippen LogP contribution in [0.4, 0.5) is 0 Å². The highest BCUT2D eigenvalue weighted by Gasteiger charge is 2.37. The van der Waals surface area contributed by atoms with Crippen LogP contribution in [0.3, 0.4) is 0 Å². The van der Waals surface area contributed by atoms with Gasteiger partial charge in [0.2, 0.25) is 0 Å². The molecule has 0 amide bonds. The number of nitrogens with two attached hydrogens (primary N) is 1. The molecule has 1 nitrogen and oxygen atoms in total. The Kier molecular flexibility index (Phi) is 8.46. The second kappa shape index (κ2) is 14.0. The number of rotatable bonds is 7. The Morgan fingerprint density at radius 1 is 0.456 bits per heavy atom. The molecule has 0 saturated heterocycles. The van der Waals surface area contributed by atoms with Crippen molar-refractivity contribution < 1.29 is 0 Å². The molecule has 0 aromatic heterocycles. The van der Waals surface area contributed by atoms with E-state index in [0.717, 1.165) is 28.8 Å². The van der Waals surface area contributed by atoms with Gasteiger partial charge in [-0.25, -0.2) is 0 Å². The van der Waals surface area contributed by atoms with Gasteiger partial charge in [0.15, 0.2) is 0 Å². The summed E-state index contributed by atoms with van der Waals surface area (Å²) in [5.41, 5.74) is 22.4. The molecule has 0 fully saturated rings. The fourth-order valence-corrected chi connectivity index (χ4v) is 9.30. The van der Waals surface area contributed by atoms with E-state index < -0.39 is 0 Å². The van der Waals surface area contributed by atoms with Crippen LogP contribution in [0.15, 0.2) is 200 Å². The van der Waals surface area contributed by atoms with E-state index in [4.69, 9.17) is 5.73 Å². The van der Waals surface area contributed by atoms with Crippen molar-refractivity contribution in [1.82, 2.24) is 0 Å². The van der Waals surface area contributed by atoms with Crippen LogP contribution in [0.2, 0.25) is 0 Å². The fourth-order valence-electron chi connectivity index (χ4n) is 9.30. The Labute approximate surface area is 335 Å². The van der Waals surface area contributed by atoms with Crippen molar-refractivity contribution in [2.45, 2.75) is 25.7 Å². The minimum Gasteiger partial charge on any atom is -0.398 e. The highest BCUT2D eigenvalue weighted by Crippen LogP contribution is 2.55. The van der Waals surface area contributed by atoms with Crippen molar-refractivity contribution in [2.75, 3.05) is 0 Å². The van der Waals surface area contributed by atoms with Gasteiger partial charge in [0.05, 0.1) is 0 Å². The number of allylic oxidation sites excluding steroid dienone is 3. The molecule has 2 N–H and O–H groups in total. The molecule has 0 aliphatic heterocycles. The van der Waals surface area contributed by atoms with E-state index in [1.807, 2.05) is 18.2 Å².